The third-order valence-electron chi connectivity index (χ3n) is 5.83. The largest absolute Gasteiger partial charge is 0.384 e. The number of carbonyl (C=O) groups is 1. The van der Waals surface area contributed by atoms with Crippen LogP contribution in [0.15, 0.2) is 54.6 Å². The number of piperidine rings is 1. The van der Waals surface area contributed by atoms with Crippen molar-refractivity contribution in [3.63, 3.8) is 0 Å². The number of anilines is 1. The summed E-state index contributed by atoms with van der Waals surface area (Å²) in [6.45, 7) is 5.55. The molecule has 2 aromatic rings. The minimum Gasteiger partial charge on any atom is -0.384 e. The van der Waals surface area contributed by atoms with Crippen molar-refractivity contribution in [2.24, 2.45) is 5.41 Å². The van der Waals surface area contributed by atoms with E-state index in [2.05, 4.69) is 52.7 Å². The van der Waals surface area contributed by atoms with Gasteiger partial charge in [0, 0.05) is 26.3 Å². The Labute approximate surface area is 168 Å². The third kappa shape index (κ3) is 5.91. The molecule has 3 rings (SSSR count). The van der Waals surface area contributed by atoms with E-state index in [0.29, 0.717) is 0 Å². The molecule has 0 bridgehead atoms. The zero-order chi connectivity index (χ0) is 19.8. The molecule has 150 valence electrons. The van der Waals surface area contributed by atoms with Crippen LogP contribution in [-0.4, -0.2) is 37.6 Å². The quantitative estimate of drug-likeness (QED) is 0.733. The molecule has 0 atom stereocenters. The van der Waals surface area contributed by atoms with E-state index in [4.69, 9.17) is 4.74 Å². The van der Waals surface area contributed by atoms with E-state index in [1.165, 1.54) is 37.3 Å². The number of carbonyl (C=O) groups excluding carboxylic acids is 1. The second kappa shape index (κ2) is 9.85. The average molecular weight is 381 g/mol. The molecule has 4 nitrogen and oxygen atoms in total. The molecule has 1 N–H and O–H groups in total. The van der Waals surface area contributed by atoms with Crippen molar-refractivity contribution in [3.8, 4) is 0 Å². The number of rotatable bonds is 8. The molecule has 1 fully saturated rings. The molecule has 1 amide bonds. The Balaban J connectivity index is 1.52. The number of amides is 1. The van der Waals surface area contributed by atoms with Gasteiger partial charge in [0.25, 0.3) is 0 Å². The number of hydrogen-bond donors (Lipinski definition) is 1. The maximum Gasteiger partial charge on any atom is 0.221 e. The summed E-state index contributed by atoms with van der Waals surface area (Å²) in [4.78, 5) is 13.7. The van der Waals surface area contributed by atoms with Gasteiger partial charge in [-0.3, -0.25) is 9.69 Å². The lowest BCUT2D eigenvalue weighted by atomic mass is 9.74. The minimum absolute atomic E-state index is 0.0335. The van der Waals surface area contributed by atoms with Crippen molar-refractivity contribution in [2.45, 2.75) is 39.2 Å². The van der Waals surface area contributed by atoms with Crippen molar-refractivity contribution in [3.05, 3.63) is 65.7 Å². The first-order valence-electron chi connectivity index (χ1n) is 10.2. The predicted molar refractivity (Wildman–Crippen MR) is 114 cm³/mol. The van der Waals surface area contributed by atoms with Gasteiger partial charge in [-0.25, -0.2) is 0 Å². The summed E-state index contributed by atoms with van der Waals surface area (Å²) in [5.74, 6) is -0.0335. The van der Waals surface area contributed by atoms with Crippen molar-refractivity contribution < 1.29 is 9.53 Å². The summed E-state index contributed by atoms with van der Waals surface area (Å²) >= 11 is 0. The number of methoxy groups -OCH3 is 1. The zero-order valence-electron chi connectivity index (χ0n) is 17.1. The normalized spacial score (nSPS) is 16.6. The molecule has 0 radical (unpaired) electrons. The van der Waals surface area contributed by atoms with Gasteiger partial charge in [0.2, 0.25) is 5.91 Å². The number of aryl methyl sites for hydroxylation is 1. The highest BCUT2D eigenvalue weighted by atomic mass is 16.5. The van der Waals surface area contributed by atoms with Crippen LogP contribution in [0.3, 0.4) is 0 Å². The van der Waals surface area contributed by atoms with E-state index in [1.54, 1.807) is 0 Å². The lowest BCUT2D eigenvalue weighted by Gasteiger charge is -2.41. The smallest absolute Gasteiger partial charge is 0.221 e. The number of ether oxygens (including phenoxy) is 1. The number of benzene rings is 2. The minimum atomic E-state index is -0.0335. The third-order valence-corrected chi connectivity index (χ3v) is 5.83. The summed E-state index contributed by atoms with van der Waals surface area (Å²) < 4.78 is 5.62. The fraction of sp³-hybridized carbons (Fsp3) is 0.458. The van der Waals surface area contributed by atoms with Crippen LogP contribution >= 0.6 is 0 Å². The summed E-state index contributed by atoms with van der Waals surface area (Å²) in [6, 6.07) is 19.0. The van der Waals surface area contributed by atoms with Crippen molar-refractivity contribution >= 4 is 11.6 Å². The first-order valence-corrected chi connectivity index (χ1v) is 10.2. The number of nitrogens with one attached hydrogen (secondary N) is 1. The number of nitrogens with zero attached hydrogens (tertiary/aromatic N) is 1. The van der Waals surface area contributed by atoms with E-state index < -0.39 is 0 Å². The Morgan fingerprint density at radius 3 is 2.32 bits per heavy atom. The van der Waals surface area contributed by atoms with Crippen LogP contribution in [0.4, 0.5) is 5.69 Å². The highest BCUT2D eigenvalue weighted by Crippen LogP contribution is 2.37. The van der Waals surface area contributed by atoms with Gasteiger partial charge < -0.3 is 10.1 Å². The molecular formula is C24H32N2O2. The lowest BCUT2D eigenvalue weighted by molar-refractivity contribution is -0.114. The molecule has 0 unspecified atom stereocenters. The summed E-state index contributed by atoms with van der Waals surface area (Å²) in [5, 5.41) is 2.82. The number of likely N-dealkylation sites (tertiary alicyclic amines) is 1. The fourth-order valence-corrected chi connectivity index (χ4v) is 4.17. The van der Waals surface area contributed by atoms with Crippen LogP contribution in [-0.2, 0) is 22.5 Å². The molecule has 28 heavy (non-hydrogen) atoms. The molecule has 1 heterocycles. The van der Waals surface area contributed by atoms with Crippen LogP contribution in [0.25, 0.3) is 0 Å². The molecule has 1 saturated heterocycles. The SMILES string of the molecule is COCC1(CCc2ccccc2)CCN(Cc2ccc(NC(C)=O)cc2)CC1. The lowest BCUT2D eigenvalue weighted by Crippen LogP contribution is -2.42. The summed E-state index contributed by atoms with van der Waals surface area (Å²) in [6.07, 6.45) is 4.66. The topological polar surface area (TPSA) is 41.6 Å². The van der Waals surface area contributed by atoms with Gasteiger partial charge >= 0.3 is 0 Å². The van der Waals surface area contributed by atoms with Crippen LogP contribution in [0.2, 0.25) is 0 Å². The Kier molecular flexibility index (Phi) is 7.24. The van der Waals surface area contributed by atoms with Gasteiger partial charge in [-0.1, -0.05) is 42.5 Å². The molecule has 4 heteroatoms. The molecule has 1 aliphatic heterocycles. The molecular weight excluding hydrogens is 348 g/mol. The highest BCUT2D eigenvalue weighted by Gasteiger charge is 2.34. The Morgan fingerprint density at radius 2 is 1.71 bits per heavy atom. The molecule has 0 aliphatic carbocycles. The van der Waals surface area contributed by atoms with Crippen LogP contribution < -0.4 is 5.32 Å². The maximum atomic E-state index is 11.1. The first kappa shape index (κ1) is 20.6. The fourth-order valence-electron chi connectivity index (χ4n) is 4.17. The van der Waals surface area contributed by atoms with E-state index >= 15 is 0 Å². The highest BCUT2D eigenvalue weighted by molar-refractivity contribution is 5.88. The second-order valence-electron chi connectivity index (χ2n) is 8.07. The van der Waals surface area contributed by atoms with Crippen molar-refractivity contribution in [1.29, 1.82) is 0 Å². The van der Waals surface area contributed by atoms with E-state index in [9.17, 15) is 4.79 Å². The van der Waals surface area contributed by atoms with Gasteiger partial charge in [0.1, 0.15) is 0 Å². The van der Waals surface area contributed by atoms with E-state index in [-0.39, 0.29) is 11.3 Å². The summed E-state index contributed by atoms with van der Waals surface area (Å²) in [5.41, 5.74) is 3.85. The Morgan fingerprint density at radius 1 is 1.04 bits per heavy atom. The number of hydrogen-bond acceptors (Lipinski definition) is 3. The monoisotopic (exact) mass is 380 g/mol. The molecule has 1 aliphatic rings. The molecule has 0 spiro atoms. The van der Waals surface area contributed by atoms with Crippen LogP contribution in [0.5, 0.6) is 0 Å². The zero-order valence-corrected chi connectivity index (χ0v) is 17.1. The van der Waals surface area contributed by atoms with Crippen LogP contribution in [0.1, 0.15) is 37.3 Å². The molecule has 2 aromatic carbocycles. The molecule has 0 saturated carbocycles. The van der Waals surface area contributed by atoms with Gasteiger partial charge in [0.05, 0.1) is 6.61 Å². The van der Waals surface area contributed by atoms with Gasteiger partial charge in [-0.05, 0) is 67.4 Å². The predicted octanol–water partition coefficient (Wildman–Crippen LogP) is 4.51. The van der Waals surface area contributed by atoms with Gasteiger partial charge in [-0.15, -0.1) is 0 Å². The van der Waals surface area contributed by atoms with Crippen molar-refractivity contribution in [1.82, 2.24) is 4.90 Å². The maximum absolute atomic E-state index is 11.1. The summed E-state index contributed by atoms with van der Waals surface area (Å²) in [7, 11) is 1.83. The standard InChI is InChI=1S/C24H32N2O2/c1-20(27)25-23-10-8-22(9-11-23)18-26-16-14-24(15-17-26,19-28-2)13-12-21-6-4-3-5-7-21/h3-11H,12-19H2,1-2H3,(H,25,27). The van der Waals surface area contributed by atoms with Crippen LogP contribution in [0, 0.1) is 5.41 Å². The Hall–Kier alpha value is -2.17. The average Bonchev–Trinajstić information content (AvgIpc) is 2.70. The molecule has 0 aromatic heterocycles. The van der Waals surface area contributed by atoms with E-state index in [0.717, 1.165) is 38.3 Å². The Bertz CT molecular complexity index is 735. The first-order chi connectivity index (χ1) is 13.6. The van der Waals surface area contributed by atoms with E-state index in [1.807, 2.05) is 19.2 Å². The second-order valence-corrected chi connectivity index (χ2v) is 8.07. The van der Waals surface area contributed by atoms with Crippen molar-refractivity contribution in [2.75, 3.05) is 32.1 Å². The van der Waals surface area contributed by atoms with Gasteiger partial charge in [0.15, 0.2) is 0 Å². The van der Waals surface area contributed by atoms with Gasteiger partial charge in [-0.2, -0.15) is 0 Å².